The molecule has 2 aromatic heterocycles. The Bertz CT molecular complexity index is 832. The van der Waals surface area contributed by atoms with Crippen LogP contribution in [0.25, 0.3) is 11.0 Å². The molecule has 3 aromatic rings. The Kier molecular flexibility index (Phi) is 2.99. The zero-order valence-electron chi connectivity index (χ0n) is 10.4. The van der Waals surface area contributed by atoms with Crippen LogP contribution in [0.3, 0.4) is 0 Å². The number of ether oxygens (including phenoxy) is 1. The summed E-state index contributed by atoms with van der Waals surface area (Å²) in [6.45, 7) is 0. The second-order valence-electron chi connectivity index (χ2n) is 4.03. The van der Waals surface area contributed by atoms with Crippen LogP contribution in [0.5, 0.6) is 5.88 Å². The van der Waals surface area contributed by atoms with Crippen molar-refractivity contribution in [3.05, 3.63) is 34.8 Å². The Morgan fingerprint density at radius 3 is 2.90 bits per heavy atom. The van der Waals surface area contributed by atoms with E-state index in [1.165, 1.54) is 13.2 Å². The molecule has 0 aliphatic heterocycles. The summed E-state index contributed by atoms with van der Waals surface area (Å²) in [5.41, 5.74) is 2.29. The molecule has 0 aliphatic carbocycles. The predicted molar refractivity (Wildman–Crippen MR) is 74.5 cm³/mol. The number of anilines is 1. The van der Waals surface area contributed by atoms with Gasteiger partial charge in [0.2, 0.25) is 5.76 Å². The first-order valence-electron chi connectivity index (χ1n) is 5.70. The maximum absolute atomic E-state index is 11.9. The molecule has 0 bridgehead atoms. The lowest BCUT2D eigenvalue weighted by Crippen LogP contribution is -2.10. The molecule has 7 nitrogen and oxygen atoms in total. The minimum atomic E-state index is -0.408. The first kappa shape index (κ1) is 12.4. The van der Waals surface area contributed by atoms with E-state index in [1.807, 2.05) is 6.07 Å². The molecule has 3 N–H and O–H groups in total. The van der Waals surface area contributed by atoms with Crippen LogP contribution in [0, 0.1) is 4.77 Å². The minimum Gasteiger partial charge on any atom is -0.479 e. The monoisotopic (exact) mass is 290 g/mol. The number of nitrogens with one attached hydrogen (secondary N) is 3. The molecule has 3 rings (SSSR count). The fourth-order valence-electron chi connectivity index (χ4n) is 1.77. The van der Waals surface area contributed by atoms with Crippen LogP contribution in [0.15, 0.2) is 28.8 Å². The highest BCUT2D eigenvalue weighted by Gasteiger charge is 2.13. The third-order valence-electron chi connectivity index (χ3n) is 2.70. The zero-order chi connectivity index (χ0) is 14.1. The van der Waals surface area contributed by atoms with Crippen molar-refractivity contribution in [3.8, 4) is 5.88 Å². The molecular formula is C12H10N4O3S. The van der Waals surface area contributed by atoms with Gasteiger partial charge >= 0.3 is 0 Å². The van der Waals surface area contributed by atoms with E-state index in [1.54, 1.807) is 12.1 Å². The van der Waals surface area contributed by atoms with Gasteiger partial charge in [0.1, 0.15) is 0 Å². The summed E-state index contributed by atoms with van der Waals surface area (Å²) in [6.07, 6.45) is 0. The van der Waals surface area contributed by atoms with Gasteiger partial charge in [-0.2, -0.15) is 0 Å². The van der Waals surface area contributed by atoms with Crippen LogP contribution < -0.4 is 10.1 Å². The number of amides is 1. The van der Waals surface area contributed by atoms with E-state index in [-0.39, 0.29) is 11.6 Å². The van der Waals surface area contributed by atoms with Gasteiger partial charge in [0, 0.05) is 5.69 Å². The molecular weight excluding hydrogens is 280 g/mol. The second kappa shape index (κ2) is 4.82. The van der Waals surface area contributed by atoms with Gasteiger partial charge in [0.15, 0.2) is 4.77 Å². The molecule has 0 fully saturated rings. The lowest BCUT2D eigenvalue weighted by atomic mass is 10.2. The summed E-state index contributed by atoms with van der Waals surface area (Å²) in [7, 11) is 1.45. The number of rotatable bonds is 3. The van der Waals surface area contributed by atoms with Crippen LogP contribution in [0.2, 0.25) is 0 Å². The van der Waals surface area contributed by atoms with E-state index in [4.69, 9.17) is 21.5 Å². The lowest BCUT2D eigenvalue weighted by molar-refractivity contribution is 0.0987. The minimum absolute atomic E-state index is 0.0731. The number of H-pyrrole nitrogens is 2. The quantitative estimate of drug-likeness (QED) is 0.644. The molecule has 102 valence electrons. The number of aromatic amines is 2. The predicted octanol–water partition coefficient (Wildman–Crippen LogP) is 2.47. The van der Waals surface area contributed by atoms with Crippen molar-refractivity contribution >= 4 is 34.8 Å². The number of aromatic nitrogens is 3. The molecule has 0 saturated heterocycles. The van der Waals surface area contributed by atoms with Gasteiger partial charge in [-0.3, -0.25) is 4.79 Å². The third kappa shape index (κ3) is 2.28. The first-order chi connectivity index (χ1) is 9.65. The van der Waals surface area contributed by atoms with Crippen LogP contribution in [0.4, 0.5) is 5.69 Å². The molecule has 8 heteroatoms. The normalized spacial score (nSPS) is 10.7. The van der Waals surface area contributed by atoms with Crippen molar-refractivity contribution in [1.29, 1.82) is 0 Å². The number of hydrogen-bond acceptors (Lipinski definition) is 5. The second-order valence-corrected chi connectivity index (χ2v) is 4.44. The highest BCUT2D eigenvalue weighted by atomic mass is 32.1. The van der Waals surface area contributed by atoms with Crippen LogP contribution >= 0.6 is 12.2 Å². The fraction of sp³-hybridized carbons (Fsp3) is 0.0833. The summed E-state index contributed by atoms with van der Waals surface area (Å²) < 4.78 is 10.2. The average molecular weight is 290 g/mol. The Labute approximate surface area is 117 Å². The van der Waals surface area contributed by atoms with E-state index < -0.39 is 5.91 Å². The van der Waals surface area contributed by atoms with Crippen molar-refractivity contribution < 1.29 is 14.1 Å². The smallest absolute Gasteiger partial charge is 0.294 e. The van der Waals surface area contributed by atoms with Gasteiger partial charge in [-0.1, -0.05) is 0 Å². The molecule has 2 heterocycles. The number of imidazole rings is 1. The molecule has 0 radical (unpaired) electrons. The molecule has 1 amide bonds. The molecule has 1 aromatic carbocycles. The van der Waals surface area contributed by atoms with Crippen molar-refractivity contribution in [2.24, 2.45) is 0 Å². The highest BCUT2D eigenvalue weighted by molar-refractivity contribution is 7.71. The number of benzene rings is 1. The Morgan fingerprint density at radius 2 is 2.15 bits per heavy atom. The van der Waals surface area contributed by atoms with Gasteiger partial charge in [-0.15, -0.1) is 0 Å². The van der Waals surface area contributed by atoms with E-state index >= 15 is 0 Å². The van der Waals surface area contributed by atoms with E-state index in [9.17, 15) is 4.79 Å². The zero-order valence-corrected chi connectivity index (χ0v) is 11.2. The van der Waals surface area contributed by atoms with Crippen LogP contribution in [-0.2, 0) is 0 Å². The lowest BCUT2D eigenvalue weighted by Gasteiger charge is -2.02. The van der Waals surface area contributed by atoms with Crippen LogP contribution in [0.1, 0.15) is 10.6 Å². The summed E-state index contributed by atoms with van der Waals surface area (Å²) >= 11 is 5.00. The topological polar surface area (TPSA) is 95.9 Å². The third-order valence-corrected chi connectivity index (χ3v) is 2.90. The SMILES string of the molecule is COc1cc(C(=O)Nc2ccc3[nH]c(=S)[nH]c3c2)on1. The van der Waals surface area contributed by atoms with Gasteiger partial charge in [0.05, 0.1) is 24.2 Å². The Morgan fingerprint density at radius 1 is 1.35 bits per heavy atom. The van der Waals surface area contributed by atoms with E-state index in [2.05, 4.69) is 20.4 Å². The van der Waals surface area contributed by atoms with Gasteiger partial charge in [-0.25, -0.2) is 0 Å². The van der Waals surface area contributed by atoms with E-state index in [0.717, 1.165) is 11.0 Å². The van der Waals surface area contributed by atoms with Crippen molar-refractivity contribution in [1.82, 2.24) is 15.1 Å². The standard InChI is InChI=1S/C12H10N4O3S/c1-18-10-5-9(19-16-10)11(17)13-6-2-3-7-8(4-6)15-12(20)14-7/h2-5H,1H3,(H,13,17)(H2,14,15,20). The maximum atomic E-state index is 11.9. The summed E-state index contributed by atoms with van der Waals surface area (Å²) in [5.74, 6) is -0.0847. The molecule has 20 heavy (non-hydrogen) atoms. The van der Waals surface area contributed by atoms with E-state index in [0.29, 0.717) is 10.5 Å². The van der Waals surface area contributed by atoms with Gasteiger partial charge < -0.3 is 24.5 Å². The number of methoxy groups -OCH3 is 1. The number of hydrogen-bond donors (Lipinski definition) is 3. The number of fused-ring (bicyclic) bond motifs is 1. The van der Waals surface area contributed by atoms with Gasteiger partial charge in [0.25, 0.3) is 11.8 Å². The summed E-state index contributed by atoms with van der Waals surface area (Å²) in [5, 5.41) is 6.27. The first-order valence-corrected chi connectivity index (χ1v) is 6.10. The van der Waals surface area contributed by atoms with Crippen molar-refractivity contribution in [3.63, 3.8) is 0 Å². The average Bonchev–Trinajstić information content (AvgIpc) is 3.03. The summed E-state index contributed by atoms with van der Waals surface area (Å²) in [4.78, 5) is 17.9. The molecule has 0 unspecified atom stereocenters. The van der Waals surface area contributed by atoms with Crippen LogP contribution in [-0.4, -0.2) is 28.1 Å². The highest BCUT2D eigenvalue weighted by Crippen LogP contribution is 2.18. The number of carbonyl (C=O) groups is 1. The Hall–Kier alpha value is -2.61. The van der Waals surface area contributed by atoms with Gasteiger partial charge in [-0.05, 0) is 35.6 Å². The molecule has 0 aliphatic rings. The molecule has 0 atom stereocenters. The maximum Gasteiger partial charge on any atom is 0.294 e. The van der Waals surface area contributed by atoms with Crippen molar-refractivity contribution in [2.75, 3.05) is 12.4 Å². The molecule has 0 spiro atoms. The number of nitrogens with zero attached hydrogens (tertiary/aromatic N) is 1. The fourth-order valence-corrected chi connectivity index (χ4v) is 1.99. The van der Waals surface area contributed by atoms with Crippen molar-refractivity contribution in [2.45, 2.75) is 0 Å². The number of carbonyl (C=O) groups excluding carboxylic acids is 1. The largest absolute Gasteiger partial charge is 0.479 e. The Balaban J connectivity index is 1.84. The summed E-state index contributed by atoms with van der Waals surface area (Å²) in [6, 6.07) is 6.76. The molecule has 0 saturated carbocycles.